The van der Waals surface area contributed by atoms with Gasteiger partial charge in [0.25, 0.3) is 0 Å². The van der Waals surface area contributed by atoms with Gasteiger partial charge in [-0.1, -0.05) is 12.1 Å². The normalized spacial score (nSPS) is 11.0. The maximum atomic E-state index is 10.6. The van der Waals surface area contributed by atoms with Crippen LogP contribution in [0.25, 0.3) is 0 Å². The van der Waals surface area contributed by atoms with E-state index < -0.39 is 10.0 Å². The maximum absolute atomic E-state index is 10.6. The highest BCUT2D eigenvalue weighted by atomic mass is 32.2. The Morgan fingerprint density at radius 2 is 2.19 bits per heavy atom. The molecule has 0 atom stereocenters. The van der Waals surface area contributed by atoms with Crippen LogP contribution in [0.1, 0.15) is 11.1 Å². The Morgan fingerprint density at radius 1 is 1.44 bits per heavy atom. The summed E-state index contributed by atoms with van der Waals surface area (Å²) in [6, 6.07) is 9.16. The van der Waals surface area contributed by atoms with Crippen LogP contribution in [0.15, 0.2) is 24.3 Å². The van der Waals surface area contributed by atoms with Crippen molar-refractivity contribution in [3.8, 4) is 6.07 Å². The Labute approximate surface area is 94.9 Å². The SMILES string of the molecule is N#Cc1cccc(CNCCS(N)(=O)=O)c1. The molecule has 0 aromatic heterocycles. The van der Waals surface area contributed by atoms with E-state index in [1.807, 2.05) is 12.1 Å². The highest BCUT2D eigenvalue weighted by molar-refractivity contribution is 7.89. The Kier molecular flexibility index (Phi) is 4.43. The molecule has 0 saturated heterocycles. The van der Waals surface area contributed by atoms with Crippen LogP contribution in [0.2, 0.25) is 0 Å². The molecule has 16 heavy (non-hydrogen) atoms. The zero-order valence-electron chi connectivity index (χ0n) is 8.68. The monoisotopic (exact) mass is 239 g/mol. The van der Waals surface area contributed by atoms with Gasteiger partial charge in [0.2, 0.25) is 10.0 Å². The molecule has 0 aliphatic carbocycles. The molecule has 0 aliphatic heterocycles. The summed E-state index contributed by atoms with van der Waals surface area (Å²) in [6.45, 7) is 0.820. The number of nitrogens with zero attached hydrogens (tertiary/aromatic N) is 1. The molecule has 1 rings (SSSR count). The van der Waals surface area contributed by atoms with E-state index in [1.165, 1.54) is 0 Å². The van der Waals surface area contributed by atoms with E-state index in [0.29, 0.717) is 18.7 Å². The molecule has 0 aliphatic rings. The highest BCUT2D eigenvalue weighted by Gasteiger charge is 2.01. The van der Waals surface area contributed by atoms with E-state index in [0.717, 1.165) is 5.56 Å². The Morgan fingerprint density at radius 3 is 2.81 bits per heavy atom. The van der Waals surface area contributed by atoms with Crippen LogP contribution in [0, 0.1) is 11.3 Å². The molecule has 6 heteroatoms. The van der Waals surface area contributed by atoms with Gasteiger partial charge in [-0.3, -0.25) is 0 Å². The van der Waals surface area contributed by atoms with Crippen molar-refractivity contribution in [3.05, 3.63) is 35.4 Å². The lowest BCUT2D eigenvalue weighted by Crippen LogP contribution is -2.26. The van der Waals surface area contributed by atoms with Crippen molar-refractivity contribution in [2.24, 2.45) is 5.14 Å². The van der Waals surface area contributed by atoms with E-state index in [2.05, 4.69) is 5.32 Å². The molecule has 1 aromatic carbocycles. The average molecular weight is 239 g/mol. The second kappa shape index (κ2) is 5.61. The molecule has 0 spiro atoms. The van der Waals surface area contributed by atoms with Gasteiger partial charge in [-0.2, -0.15) is 5.26 Å². The first-order chi connectivity index (χ1) is 7.51. The van der Waals surface area contributed by atoms with Crippen molar-refractivity contribution in [1.82, 2.24) is 5.32 Å². The van der Waals surface area contributed by atoms with E-state index >= 15 is 0 Å². The fourth-order valence-corrected chi connectivity index (χ4v) is 1.63. The topological polar surface area (TPSA) is 96.0 Å². The first-order valence-corrected chi connectivity index (χ1v) is 6.43. The molecule has 3 N–H and O–H groups in total. The van der Waals surface area contributed by atoms with Gasteiger partial charge in [-0.15, -0.1) is 0 Å². The van der Waals surface area contributed by atoms with Crippen molar-refractivity contribution in [1.29, 1.82) is 5.26 Å². The summed E-state index contributed by atoms with van der Waals surface area (Å²) in [5, 5.41) is 16.5. The third kappa shape index (κ3) is 4.89. The van der Waals surface area contributed by atoms with Gasteiger partial charge in [0.05, 0.1) is 17.4 Å². The fourth-order valence-electron chi connectivity index (χ4n) is 1.20. The summed E-state index contributed by atoms with van der Waals surface area (Å²) in [6.07, 6.45) is 0. The summed E-state index contributed by atoms with van der Waals surface area (Å²) >= 11 is 0. The second-order valence-corrected chi connectivity index (χ2v) is 5.09. The van der Waals surface area contributed by atoms with Gasteiger partial charge < -0.3 is 5.32 Å². The average Bonchev–Trinajstić information content (AvgIpc) is 2.23. The lowest BCUT2D eigenvalue weighted by Gasteiger charge is -2.04. The lowest BCUT2D eigenvalue weighted by atomic mass is 10.1. The summed E-state index contributed by atoms with van der Waals surface area (Å²) in [5.74, 6) is -0.0923. The second-order valence-electron chi connectivity index (χ2n) is 3.36. The van der Waals surface area contributed by atoms with Crippen LogP contribution in [0.3, 0.4) is 0 Å². The lowest BCUT2D eigenvalue weighted by molar-refractivity contribution is 0.592. The molecule has 0 amide bonds. The number of benzene rings is 1. The molecule has 0 bridgehead atoms. The standard InChI is InChI=1S/C10H13N3O2S/c11-7-9-2-1-3-10(6-9)8-13-4-5-16(12,14)15/h1-3,6,13H,4-5,8H2,(H2,12,14,15). The molecule has 0 heterocycles. The largest absolute Gasteiger partial charge is 0.312 e. The van der Waals surface area contributed by atoms with Crippen molar-refractivity contribution in [2.45, 2.75) is 6.54 Å². The van der Waals surface area contributed by atoms with E-state index in [9.17, 15) is 8.42 Å². The maximum Gasteiger partial charge on any atom is 0.210 e. The van der Waals surface area contributed by atoms with Crippen LogP contribution in [-0.2, 0) is 16.6 Å². The van der Waals surface area contributed by atoms with Gasteiger partial charge in [-0.25, -0.2) is 13.6 Å². The number of nitriles is 1. The number of nitrogens with two attached hydrogens (primary N) is 1. The van der Waals surface area contributed by atoms with Gasteiger partial charge >= 0.3 is 0 Å². The van der Waals surface area contributed by atoms with Crippen LogP contribution in [-0.4, -0.2) is 20.7 Å². The first-order valence-electron chi connectivity index (χ1n) is 4.71. The number of rotatable bonds is 5. The fraction of sp³-hybridized carbons (Fsp3) is 0.300. The molecule has 5 nitrogen and oxygen atoms in total. The van der Waals surface area contributed by atoms with Crippen molar-refractivity contribution in [3.63, 3.8) is 0 Å². The summed E-state index contributed by atoms with van der Waals surface area (Å²) in [5.41, 5.74) is 1.53. The van der Waals surface area contributed by atoms with Crippen molar-refractivity contribution >= 4 is 10.0 Å². The van der Waals surface area contributed by atoms with E-state index in [4.69, 9.17) is 10.4 Å². The van der Waals surface area contributed by atoms with Crippen LogP contribution < -0.4 is 10.5 Å². The molecular weight excluding hydrogens is 226 g/mol. The number of hydrogen-bond donors (Lipinski definition) is 2. The minimum Gasteiger partial charge on any atom is -0.312 e. The smallest absolute Gasteiger partial charge is 0.210 e. The van der Waals surface area contributed by atoms with E-state index in [1.54, 1.807) is 18.2 Å². The number of sulfonamides is 1. The predicted molar refractivity (Wildman–Crippen MR) is 60.8 cm³/mol. The number of hydrogen-bond acceptors (Lipinski definition) is 4. The van der Waals surface area contributed by atoms with Gasteiger partial charge in [0.1, 0.15) is 0 Å². The molecule has 0 saturated carbocycles. The van der Waals surface area contributed by atoms with Gasteiger partial charge in [-0.05, 0) is 17.7 Å². The van der Waals surface area contributed by atoms with Crippen molar-refractivity contribution < 1.29 is 8.42 Å². The first kappa shape index (κ1) is 12.6. The summed E-state index contributed by atoms with van der Waals surface area (Å²) in [4.78, 5) is 0. The molecule has 1 aromatic rings. The van der Waals surface area contributed by atoms with Gasteiger partial charge in [0, 0.05) is 13.1 Å². The van der Waals surface area contributed by atoms with Crippen LogP contribution >= 0.6 is 0 Å². The third-order valence-electron chi connectivity index (χ3n) is 1.95. The Bertz CT molecular complexity index is 491. The Balaban J connectivity index is 2.41. The zero-order valence-corrected chi connectivity index (χ0v) is 9.50. The zero-order chi connectivity index (χ0) is 12.0. The van der Waals surface area contributed by atoms with Gasteiger partial charge in [0.15, 0.2) is 0 Å². The number of nitrogens with one attached hydrogen (secondary N) is 1. The minimum atomic E-state index is -3.41. The molecule has 0 unspecified atom stereocenters. The number of primary sulfonamides is 1. The highest BCUT2D eigenvalue weighted by Crippen LogP contribution is 2.03. The van der Waals surface area contributed by atoms with Crippen LogP contribution in [0.4, 0.5) is 0 Å². The molecule has 0 radical (unpaired) electrons. The van der Waals surface area contributed by atoms with Crippen LogP contribution in [0.5, 0.6) is 0 Å². The molecule has 86 valence electrons. The molecular formula is C10H13N3O2S. The molecule has 0 fully saturated rings. The quantitative estimate of drug-likeness (QED) is 0.703. The Hall–Kier alpha value is -1.42. The van der Waals surface area contributed by atoms with E-state index in [-0.39, 0.29) is 5.75 Å². The summed E-state index contributed by atoms with van der Waals surface area (Å²) in [7, 11) is -3.41. The minimum absolute atomic E-state index is 0.0923. The summed E-state index contributed by atoms with van der Waals surface area (Å²) < 4.78 is 21.3. The predicted octanol–water partition coefficient (Wildman–Crippen LogP) is -0.0636. The van der Waals surface area contributed by atoms with Crippen molar-refractivity contribution in [2.75, 3.05) is 12.3 Å². The third-order valence-corrected chi connectivity index (χ3v) is 2.72.